The van der Waals surface area contributed by atoms with Gasteiger partial charge in [-0.3, -0.25) is 4.98 Å². The Morgan fingerprint density at radius 3 is 2.63 bits per heavy atom. The van der Waals surface area contributed by atoms with Crippen LogP contribution < -0.4 is 5.32 Å². The van der Waals surface area contributed by atoms with E-state index in [0.29, 0.717) is 6.61 Å². The zero-order valence-electron chi connectivity index (χ0n) is 10.9. The van der Waals surface area contributed by atoms with E-state index in [9.17, 15) is 5.11 Å². The molecule has 0 amide bonds. The van der Waals surface area contributed by atoms with Gasteiger partial charge in [-0.05, 0) is 36.9 Å². The van der Waals surface area contributed by atoms with Gasteiger partial charge in [0.2, 0.25) is 0 Å². The van der Waals surface area contributed by atoms with Crippen LogP contribution in [-0.4, -0.2) is 30.3 Å². The molecule has 4 heteroatoms. The van der Waals surface area contributed by atoms with Crippen LogP contribution in [0.1, 0.15) is 17.4 Å². The molecule has 0 radical (unpaired) electrons. The summed E-state index contributed by atoms with van der Waals surface area (Å²) in [6.45, 7) is 1.38. The van der Waals surface area contributed by atoms with Crippen molar-refractivity contribution in [3.05, 3.63) is 59.9 Å². The van der Waals surface area contributed by atoms with Gasteiger partial charge in [0.05, 0.1) is 12.3 Å². The van der Waals surface area contributed by atoms with Crippen molar-refractivity contribution in [3.63, 3.8) is 0 Å². The van der Waals surface area contributed by atoms with Crippen LogP contribution in [-0.2, 0) is 4.74 Å². The van der Waals surface area contributed by atoms with Crippen molar-refractivity contribution in [2.45, 2.75) is 6.10 Å². The molecule has 2 rings (SSSR count). The van der Waals surface area contributed by atoms with Gasteiger partial charge in [-0.2, -0.15) is 0 Å². The van der Waals surface area contributed by atoms with Gasteiger partial charge < -0.3 is 15.2 Å². The van der Waals surface area contributed by atoms with Crippen LogP contribution in [0.15, 0.2) is 48.7 Å². The van der Waals surface area contributed by atoms with Gasteiger partial charge in [-0.25, -0.2) is 0 Å². The number of rotatable bonds is 6. The summed E-state index contributed by atoms with van der Waals surface area (Å²) < 4.78 is 5.89. The van der Waals surface area contributed by atoms with E-state index >= 15 is 0 Å². The lowest BCUT2D eigenvalue weighted by Crippen LogP contribution is -2.17. The number of phenolic OH excluding ortho intramolecular Hbond substituents is 1. The molecule has 0 aliphatic heterocycles. The Kier molecular flexibility index (Phi) is 4.89. The molecule has 1 unspecified atom stereocenters. The van der Waals surface area contributed by atoms with Crippen LogP contribution in [0.25, 0.3) is 0 Å². The van der Waals surface area contributed by atoms with Crippen molar-refractivity contribution < 1.29 is 9.84 Å². The van der Waals surface area contributed by atoms with Gasteiger partial charge in [-0.1, -0.05) is 18.2 Å². The summed E-state index contributed by atoms with van der Waals surface area (Å²) in [5.74, 6) is 0.249. The van der Waals surface area contributed by atoms with Gasteiger partial charge >= 0.3 is 0 Å². The average Bonchev–Trinajstić information content (AvgIpc) is 2.46. The predicted octanol–water partition coefficient (Wildman–Crippen LogP) is 2.11. The lowest BCUT2D eigenvalue weighted by Gasteiger charge is -2.18. The van der Waals surface area contributed by atoms with Gasteiger partial charge in [0, 0.05) is 12.7 Å². The fourth-order valence-electron chi connectivity index (χ4n) is 1.81. The lowest BCUT2D eigenvalue weighted by atomic mass is 10.1. The highest BCUT2D eigenvalue weighted by molar-refractivity contribution is 5.31. The van der Waals surface area contributed by atoms with Crippen LogP contribution >= 0.6 is 0 Å². The highest BCUT2D eigenvalue weighted by Gasteiger charge is 2.15. The maximum absolute atomic E-state index is 9.36. The number of ether oxygens (including phenoxy) is 1. The summed E-state index contributed by atoms with van der Waals surface area (Å²) in [6.07, 6.45) is 1.54. The summed E-state index contributed by atoms with van der Waals surface area (Å²) in [4.78, 5) is 4.35. The third-order valence-corrected chi connectivity index (χ3v) is 2.79. The Balaban J connectivity index is 2.21. The number of aromatic nitrogens is 1. The maximum atomic E-state index is 9.36. The topological polar surface area (TPSA) is 54.4 Å². The number of aromatic hydroxyl groups is 1. The molecule has 2 aromatic rings. The number of likely N-dealkylation sites (N-methyl/N-ethyl adjacent to an activating group) is 1. The highest BCUT2D eigenvalue weighted by atomic mass is 16.5. The minimum absolute atomic E-state index is 0.213. The van der Waals surface area contributed by atoms with Crippen LogP contribution in [0.2, 0.25) is 0 Å². The molecule has 0 fully saturated rings. The second-order valence-electron chi connectivity index (χ2n) is 4.20. The summed E-state index contributed by atoms with van der Waals surface area (Å²) in [6, 6.07) is 12.8. The molecule has 19 heavy (non-hydrogen) atoms. The second kappa shape index (κ2) is 6.87. The number of benzene rings is 1. The van der Waals surface area contributed by atoms with Crippen molar-refractivity contribution in [2.75, 3.05) is 20.2 Å². The van der Waals surface area contributed by atoms with Crippen molar-refractivity contribution in [3.8, 4) is 5.75 Å². The monoisotopic (exact) mass is 258 g/mol. The molecule has 0 spiro atoms. The first-order valence-corrected chi connectivity index (χ1v) is 6.27. The SMILES string of the molecule is CNCCOC(c1ccc(O)cc1)c1ccccn1. The third-order valence-electron chi connectivity index (χ3n) is 2.79. The Morgan fingerprint density at radius 1 is 1.21 bits per heavy atom. The minimum Gasteiger partial charge on any atom is -0.508 e. The van der Waals surface area contributed by atoms with Crippen LogP contribution in [0.4, 0.5) is 0 Å². The van der Waals surface area contributed by atoms with Gasteiger partial charge in [0.1, 0.15) is 11.9 Å². The molecule has 0 aliphatic carbocycles. The normalized spacial score (nSPS) is 12.3. The molecule has 1 aromatic carbocycles. The van der Waals surface area contributed by atoms with Crippen LogP contribution in [0.5, 0.6) is 5.75 Å². The number of phenols is 1. The molecule has 1 heterocycles. The van der Waals surface area contributed by atoms with Gasteiger partial charge in [0.15, 0.2) is 0 Å². The van der Waals surface area contributed by atoms with Crippen molar-refractivity contribution >= 4 is 0 Å². The van der Waals surface area contributed by atoms with E-state index in [-0.39, 0.29) is 11.9 Å². The fourth-order valence-corrected chi connectivity index (χ4v) is 1.81. The summed E-state index contributed by atoms with van der Waals surface area (Å²) in [7, 11) is 1.89. The van der Waals surface area contributed by atoms with E-state index in [1.54, 1.807) is 18.3 Å². The first-order valence-electron chi connectivity index (χ1n) is 6.27. The Morgan fingerprint density at radius 2 is 2.00 bits per heavy atom. The second-order valence-corrected chi connectivity index (χ2v) is 4.20. The molecule has 0 aliphatic rings. The Bertz CT molecular complexity index is 485. The molecule has 0 saturated heterocycles. The molecule has 0 saturated carbocycles. The minimum atomic E-state index is -0.213. The molecular formula is C15H18N2O2. The van der Waals surface area contributed by atoms with E-state index < -0.39 is 0 Å². The number of hydrogen-bond donors (Lipinski definition) is 2. The first-order chi connectivity index (χ1) is 9.31. The quantitative estimate of drug-likeness (QED) is 0.779. The number of nitrogens with zero attached hydrogens (tertiary/aromatic N) is 1. The predicted molar refractivity (Wildman–Crippen MR) is 74.1 cm³/mol. The number of hydrogen-bond acceptors (Lipinski definition) is 4. The third kappa shape index (κ3) is 3.77. The van der Waals surface area contributed by atoms with Crippen LogP contribution in [0, 0.1) is 0 Å². The maximum Gasteiger partial charge on any atom is 0.124 e. The standard InChI is InChI=1S/C15H18N2O2/c1-16-10-11-19-15(14-4-2-3-9-17-14)12-5-7-13(18)8-6-12/h2-9,15-16,18H,10-11H2,1H3. The summed E-state index contributed by atoms with van der Waals surface area (Å²) >= 11 is 0. The number of pyridine rings is 1. The zero-order chi connectivity index (χ0) is 13.5. The highest BCUT2D eigenvalue weighted by Crippen LogP contribution is 2.25. The van der Waals surface area contributed by atoms with E-state index in [2.05, 4.69) is 10.3 Å². The molecule has 1 aromatic heterocycles. The smallest absolute Gasteiger partial charge is 0.124 e. The molecule has 2 N–H and O–H groups in total. The largest absolute Gasteiger partial charge is 0.508 e. The molecule has 4 nitrogen and oxygen atoms in total. The number of nitrogens with one attached hydrogen (secondary N) is 1. The fraction of sp³-hybridized carbons (Fsp3) is 0.267. The van der Waals surface area contributed by atoms with Crippen molar-refractivity contribution in [1.29, 1.82) is 0 Å². The lowest BCUT2D eigenvalue weighted by molar-refractivity contribution is 0.0802. The zero-order valence-corrected chi connectivity index (χ0v) is 10.9. The molecular weight excluding hydrogens is 240 g/mol. The first kappa shape index (κ1) is 13.5. The van der Waals surface area contributed by atoms with E-state index in [1.165, 1.54) is 0 Å². The summed E-state index contributed by atoms with van der Waals surface area (Å²) in [5, 5.41) is 12.4. The van der Waals surface area contributed by atoms with Crippen molar-refractivity contribution in [2.24, 2.45) is 0 Å². The van der Waals surface area contributed by atoms with Gasteiger partial charge in [0.25, 0.3) is 0 Å². The van der Waals surface area contributed by atoms with Crippen LogP contribution in [0.3, 0.4) is 0 Å². The van der Waals surface area contributed by atoms with E-state index in [4.69, 9.17) is 4.74 Å². The van der Waals surface area contributed by atoms with E-state index in [1.807, 2.05) is 37.4 Å². The van der Waals surface area contributed by atoms with Crippen molar-refractivity contribution in [1.82, 2.24) is 10.3 Å². The van der Waals surface area contributed by atoms with E-state index in [0.717, 1.165) is 17.8 Å². The molecule has 0 bridgehead atoms. The Labute approximate surface area is 113 Å². The Hall–Kier alpha value is -1.91. The molecule has 100 valence electrons. The summed E-state index contributed by atoms with van der Waals surface area (Å²) in [5.41, 5.74) is 1.84. The molecule has 1 atom stereocenters. The average molecular weight is 258 g/mol. The van der Waals surface area contributed by atoms with Gasteiger partial charge in [-0.15, -0.1) is 0 Å².